The Hall–Kier alpha value is -2.56. The molecule has 0 radical (unpaired) electrons. The van der Waals surface area contributed by atoms with Crippen LogP contribution in [0.25, 0.3) is 26.3 Å². The lowest BCUT2D eigenvalue weighted by Crippen LogP contribution is -2.06. The van der Waals surface area contributed by atoms with Gasteiger partial charge in [-0.2, -0.15) is 8.42 Å². The molecule has 0 fully saturated rings. The molecule has 1 heterocycles. The summed E-state index contributed by atoms with van der Waals surface area (Å²) in [4.78, 5) is 9.27. The minimum atomic E-state index is -4.13. The summed E-state index contributed by atoms with van der Waals surface area (Å²) in [7, 11) is -4.13. The van der Waals surface area contributed by atoms with Gasteiger partial charge >= 0.3 is 10.2 Å². The van der Waals surface area contributed by atoms with Crippen molar-refractivity contribution in [2.24, 2.45) is 4.52 Å². The summed E-state index contributed by atoms with van der Waals surface area (Å²) in [5, 5.41) is 0. The van der Waals surface area contributed by atoms with Crippen molar-refractivity contribution in [3.05, 3.63) is 46.4 Å². The fourth-order valence-electron chi connectivity index (χ4n) is 1.32. The standard InChI is InChI=1S/C8H4N6O2S/c1-10-6-2-3-8-7(4-6)11-5-14(8)17(15,16)13-12-9/h2-5H. The first-order chi connectivity index (χ1) is 8.08. The SMILES string of the molecule is [C-]#[N+]c1ccc2c(c1)ncn2S(=O)(=O)N=[N+]=[N-]. The van der Waals surface area contributed by atoms with E-state index in [1.165, 1.54) is 18.2 Å². The first-order valence-electron chi connectivity index (χ1n) is 4.25. The lowest BCUT2D eigenvalue weighted by molar-refractivity contribution is 0.590. The van der Waals surface area contributed by atoms with Crippen molar-refractivity contribution < 1.29 is 8.42 Å². The van der Waals surface area contributed by atoms with Gasteiger partial charge in [0.2, 0.25) is 0 Å². The van der Waals surface area contributed by atoms with E-state index in [2.05, 4.69) is 19.3 Å². The van der Waals surface area contributed by atoms with Gasteiger partial charge in [-0.15, -0.1) is 0 Å². The molecule has 1 aromatic heterocycles. The fraction of sp³-hybridized carbons (Fsp3) is 0. The monoisotopic (exact) mass is 248 g/mol. The van der Waals surface area contributed by atoms with E-state index in [1.807, 2.05) is 0 Å². The number of imidazole rings is 1. The molecule has 0 N–H and O–H groups in total. The number of azide groups is 1. The maximum absolute atomic E-state index is 11.5. The van der Waals surface area contributed by atoms with Gasteiger partial charge in [-0.3, -0.25) is 0 Å². The van der Waals surface area contributed by atoms with Crippen LogP contribution in [0.2, 0.25) is 0 Å². The number of rotatable bonds is 2. The smallest absolute Gasteiger partial charge is 0.238 e. The van der Waals surface area contributed by atoms with E-state index >= 15 is 0 Å². The number of hydrogen-bond acceptors (Lipinski definition) is 3. The van der Waals surface area contributed by atoms with Gasteiger partial charge < -0.3 is 0 Å². The lowest BCUT2D eigenvalue weighted by atomic mass is 10.3. The number of fused-ring (bicyclic) bond motifs is 1. The summed E-state index contributed by atoms with van der Waals surface area (Å²) in [6.45, 7) is 6.82. The number of nitrogens with zero attached hydrogens (tertiary/aromatic N) is 6. The lowest BCUT2D eigenvalue weighted by Gasteiger charge is -1.98. The highest BCUT2D eigenvalue weighted by molar-refractivity contribution is 7.88. The van der Waals surface area contributed by atoms with E-state index in [0.29, 0.717) is 11.2 Å². The summed E-state index contributed by atoms with van der Waals surface area (Å²) in [5.74, 6) is 0. The van der Waals surface area contributed by atoms with Crippen LogP contribution in [-0.4, -0.2) is 17.4 Å². The quantitative estimate of drug-likeness (QED) is 0.351. The molecule has 8 nitrogen and oxygen atoms in total. The van der Waals surface area contributed by atoms with Crippen molar-refractivity contribution in [2.75, 3.05) is 0 Å². The van der Waals surface area contributed by atoms with E-state index < -0.39 is 10.2 Å². The summed E-state index contributed by atoms with van der Waals surface area (Å²) in [6.07, 6.45) is 1.03. The maximum atomic E-state index is 11.5. The zero-order chi connectivity index (χ0) is 12.5. The molecular weight excluding hydrogens is 244 g/mol. The topological polar surface area (TPSA) is 105 Å². The Kier molecular flexibility index (Phi) is 2.44. The van der Waals surface area contributed by atoms with Gasteiger partial charge in [0.1, 0.15) is 6.33 Å². The zero-order valence-corrected chi connectivity index (χ0v) is 9.03. The number of hydrogen-bond donors (Lipinski definition) is 0. The van der Waals surface area contributed by atoms with Crippen molar-refractivity contribution in [1.29, 1.82) is 0 Å². The highest BCUT2D eigenvalue weighted by Crippen LogP contribution is 2.21. The summed E-state index contributed by atoms with van der Waals surface area (Å²) in [6, 6.07) is 4.34. The molecule has 2 rings (SSSR count). The summed E-state index contributed by atoms with van der Waals surface area (Å²) >= 11 is 0. The van der Waals surface area contributed by atoms with Crippen LogP contribution in [0.4, 0.5) is 5.69 Å². The third-order valence-electron chi connectivity index (χ3n) is 2.02. The molecule has 0 saturated carbocycles. The number of benzene rings is 1. The second-order valence-electron chi connectivity index (χ2n) is 2.97. The van der Waals surface area contributed by atoms with Crippen LogP contribution in [0, 0.1) is 6.57 Å². The van der Waals surface area contributed by atoms with Crippen molar-refractivity contribution >= 4 is 26.9 Å². The molecule has 0 unspecified atom stereocenters. The van der Waals surface area contributed by atoms with Crippen LogP contribution in [0.5, 0.6) is 0 Å². The molecule has 84 valence electrons. The van der Waals surface area contributed by atoms with E-state index in [4.69, 9.17) is 12.1 Å². The van der Waals surface area contributed by atoms with Crippen LogP contribution >= 0.6 is 0 Å². The average Bonchev–Trinajstić information content (AvgIpc) is 2.72. The number of aromatic nitrogens is 2. The van der Waals surface area contributed by atoms with E-state index in [0.717, 1.165) is 10.3 Å². The molecule has 2 aromatic rings. The Morgan fingerprint density at radius 3 is 2.88 bits per heavy atom. The average molecular weight is 248 g/mol. The fourth-order valence-corrected chi connectivity index (χ4v) is 2.06. The molecule has 1 aromatic carbocycles. The van der Waals surface area contributed by atoms with Crippen LogP contribution < -0.4 is 0 Å². The van der Waals surface area contributed by atoms with Gasteiger partial charge in [-0.1, -0.05) is 6.07 Å². The third-order valence-corrected chi connectivity index (χ3v) is 3.08. The van der Waals surface area contributed by atoms with Gasteiger partial charge in [-0.25, -0.2) is 13.8 Å². The van der Waals surface area contributed by atoms with E-state index in [9.17, 15) is 8.42 Å². The van der Waals surface area contributed by atoms with Crippen LogP contribution in [0.15, 0.2) is 29.0 Å². The minimum absolute atomic E-state index is 0.254. The second kappa shape index (κ2) is 3.79. The van der Waals surface area contributed by atoms with Gasteiger partial charge in [-0.05, 0) is 17.7 Å². The maximum Gasteiger partial charge on any atom is 0.329 e. The predicted octanol–water partition coefficient (Wildman–Crippen LogP) is 1.99. The van der Waals surface area contributed by atoms with Crippen LogP contribution in [-0.2, 0) is 10.2 Å². The Morgan fingerprint density at radius 1 is 1.47 bits per heavy atom. The van der Waals surface area contributed by atoms with E-state index in [-0.39, 0.29) is 5.52 Å². The first kappa shape index (κ1) is 10.9. The Morgan fingerprint density at radius 2 is 2.24 bits per heavy atom. The molecule has 0 atom stereocenters. The minimum Gasteiger partial charge on any atom is -0.238 e. The molecule has 0 bridgehead atoms. The second-order valence-corrected chi connectivity index (χ2v) is 4.43. The Labute approximate surface area is 95.7 Å². The molecule has 0 aliphatic rings. The Bertz CT molecular complexity index is 778. The predicted molar refractivity (Wildman–Crippen MR) is 59.5 cm³/mol. The van der Waals surface area contributed by atoms with Crippen LogP contribution in [0.3, 0.4) is 0 Å². The molecule has 0 spiro atoms. The van der Waals surface area contributed by atoms with Crippen LogP contribution in [0.1, 0.15) is 0 Å². The molecule has 0 aliphatic heterocycles. The zero-order valence-electron chi connectivity index (χ0n) is 8.22. The van der Waals surface area contributed by atoms with Crippen molar-refractivity contribution in [3.8, 4) is 0 Å². The molecular formula is C8H4N6O2S. The van der Waals surface area contributed by atoms with Crippen molar-refractivity contribution in [2.45, 2.75) is 0 Å². The highest BCUT2D eigenvalue weighted by atomic mass is 32.2. The summed E-state index contributed by atoms with van der Waals surface area (Å²) in [5.41, 5.74) is 9.11. The van der Waals surface area contributed by atoms with Gasteiger partial charge in [0.15, 0.2) is 5.69 Å². The van der Waals surface area contributed by atoms with Gasteiger partial charge in [0.25, 0.3) is 0 Å². The van der Waals surface area contributed by atoms with E-state index in [1.54, 1.807) is 0 Å². The van der Waals surface area contributed by atoms with Crippen molar-refractivity contribution in [1.82, 2.24) is 8.96 Å². The molecule has 0 aliphatic carbocycles. The normalized spacial score (nSPS) is 10.8. The molecule has 17 heavy (non-hydrogen) atoms. The molecule has 9 heteroatoms. The molecule has 0 saturated heterocycles. The highest BCUT2D eigenvalue weighted by Gasteiger charge is 2.14. The van der Waals surface area contributed by atoms with Gasteiger partial charge in [0, 0.05) is 4.91 Å². The van der Waals surface area contributed by atoms with Crippen molar-refractivity contribution in [3.63, 3.8) is 0 Å². The van der Waals surface area contributed by atoms with Gasteiger partial charge in [0.05, 0.1) is 22.1 Å². The largest absolute Gasteiger partial charge is 0.329 e. The first-order valence-corrected chi connectivity index (χ1v) is 5.64. The Balaban J connectivity index is 2.75. The third kappa shape index (κ3) is 1.78. The molecule has 0 amide bonds. The summed E-state index contributed by atoms with van der Waals surface area (Å²) < 4.78 is 26.5.